The van der Waals surface area contributed by atoms with Gasteiger partial charge in [-0.25, -0.2) is 4.39 Å². The van der Waals surface area contributed by atoms with Crippen molar-refractivity contribution >= 4 is 22.8 Å². The normalized spacial score (nSPS) is 11.1. The van der Waals surface area contributed by atoms with E-state index in [1.54, 1.807) is 24.6 Å². The summed E-state index contributed by atoms with van der Waals surface area (Å²) in [5.41, 5.74) is 4.77. The van der Waals surface area contributed by atoms with E-state index in [9.17, 15) is 4.39 Å². The molecule has 0 N–H and O–H groups in total. The second-order valence-corrected chi connectivity index (χ2v) is 5.67. The van der Waals surface area contributed by atoms with Gasteiger partial charge in [-0.15, -0.1) is 0 Å². The SMILES string of the molecule is C=CC=NC(=C)c1c(Cc2ccccn2)c(C)nc2ccc(F)cc12. The number of benzene rings is 1. The molecule has 0 amide bonds. The van der Waals surface area contributed by atoms with Crippen molar-refractivity contribution in [3.8, 4) is 0 Å². The minimum absolute atomic E-state index is 0.316. The van der Waals surface area contributed by atoms with Crippen LogP contribution in [0.2, 0.25) is 0 Å². The predicted octanol–water partition coefficient (Wildman–Crippen LogP) is 4.90. The fraction of sp³-hybridized carbons (Fsp3) is 0.0952. The molecule has 1 aromatic carbocycles. The highest BCUT2D eigenvalue weighted by Gasteiger charge is 2.16. The van der Waals surface area contributed by atoms with Gasteiger partial charge in [0.05, 0.1) is 11.2 Å². The Kier molecular flexibility index (Phi) is 4.80. The van der Waals surface area contributed by atoms with Crippen molar-refractivity contribution in [3.05, 3.63) is 90.2 Å². The second-order valence-electron chi connectivity index (χ2n) is 5.67. The van der Waals surface area contributed by atoms with Crippen molar-refractivity contribution < 1.29 is 4.39 Å². The molecule has 3 rings (SSSR count). The maximum Gasteiger partial charge on any atom is 0.123 e. The first kappa shape index (κ1) is 16.7. The van der Waals surface area contributed by atoms with Gasteiger partial charge in [0.15, 0.2) is 0 Å². The van der Waals surface area contributed by atoms with Crippen LogP contribution < -0.4 is 0 Å². The molecule has 2 aromatic heterocycles. The Hall–Kier alpha value is -3.14. The van der Waals surface area contributed by atoms with Gasteiger partial charge in [-0.2, -0.15) is 0 Å². The fourth-order valence-electron chi connectivity index (χ4n) is 2.83. The largest absolute Gasteiger partial charge is 0.261 e. The maximum absolute atomic E-state index is 13.9. The number of nitrogens with zero attached hydrogens (tertiary/aromatic N) is 3. The third kappa shape index (κ3) is 3.53. The Morgan fingerprint density at radius 1 is 1.28 bits per heavy atom. The van der Waals surface area contributed by atoms with E-state index in [1.807, 2.05) is 25.1 Å². The number of aryl methyl sites for hydroxylation is 1. The molecule has 0 radical (unpaired) electrons. The number of allylic oxidation sites excluding steroid dienone is 1. The molecule has 0 aliphatic rings. The summed E-state index contributed by atoms with van der Waals surface area (Å²) in [6, 6.07) is 10.3. The van der Waals surface area contributed by atoms with E-state index in [4.69, 9.17) is 0 Å². The van der Waals surface area contributed by atoms with Crippen LogP contribution in [0.25, 0.3) is 16.6 Å². The zero-order valence-corrected chi connectivity index (χ0v) is 14.0. The van der Waals surface area contributed by atoms with E-state index in [0.29, 0.717) is 23.0 Å². The number of rotatable bonds is 5. The van der Waals surface area contributed by atoms with Gasteiger partial charge in [0.25, 0.3) is 0 Å². The zero-order valence-electron chi connectivity index (χ0n) is 14.0. The molecular weight excluding hydrogens is 313 g/mol. The second kappa shape index (κ2) is 7.18. The number of hydrogen-bond donors (Lipinski definition) is 0. The van der Waals surface area contributed by atoms with Gasteiger partial charge in [-0.3, -0.25) is 15.0 Å². The third-order valence-corrected chi connectivity index (χ3v) is 3.96. The molecule has 0 bridgehead atoms. The average molecular weight is 331 g/mol. The number of pyridine rings is 2. The summed E-state index contributed by atoms with van der Waals surface area (Å²) < 4.78 is 13.9. The molecule has 0 aliphatic carbocycles. The van der Waals surface area contributed by atoms with Crippen molar-refractivity contribution in [3.63, 3.8) is 0 Å². The van der Waals surface area contributed by atoms with E-state index < -0.39 is 0 Å². The van der Waals surface area contributed by atoms with E-state index >= 15 is 0 Å². The summed E-state index contributed by atoms with van der Waals surface area (Å²) in [4.78, 5) is 13.3. The maximum atomic E-state index is 13.9. The van der Waals surface area contributed by atoms with Crippen molar-refractivity contribution in [2.75, 3.05) is 0 Å². The molecule has 0 saturated heterocycles. The molecule has 2 heterocycles. The van der Waals surface area contributed by atoms with Crippen LogP contribution in [0.3, 0.4) is 0 Å². The number of aromatic nitrogens is 2. The van der Waals surface area contributed by atoms with Gasteiger partial charge >= 0.3 is 0 Å². The molecule has 3 aromatic rings. The standard InChI is InChI=1S/C21H18FN3/c1-4-10-23-15(3)21-18(13-17-7-5-6-11-24-17)14(2)25-20-9-8-16(22)12-19(20)21/h4-12H,1,3,13H2,2H3. The molecular formula is C21H18FN3. The van der Waals surface area contributed by atoms with Crippen LogP contribution in [0, 0.1) is 12.7 Å². The van der Waals surface area contributed by atoms with Crippen molar-refractivity contribution in [2.45, 2.75) is 13.3 Å². The number of fused-ring (bicyclic) bond motifs is 1. The lowest BCUT2D eigenvalue weighted by molar-refractivity contribution is 0.629. The highest BCUT2D eigenvalue weighted by atomic mass is 19.1. The number of aliphatic imine (C=N–C) groups is 1. The predicted molar refractivity (Wildman–Crippen MR) is 101 cm³/mol. The summed E-state index contributed by atoms with van der Waals surface area (Å²) in [5.74, 6) is -0.316. The minimum atomic E-state index is -0.316. The molecule has 3 nitrogen and oxygen atoms in total. The molecule has 0 atom stereocenters. The van der Waals surface area contributed by atoms with Gasteiger partial charge in [0.1, 0.15) is 5.82 Å². The monoisotopic (exact) mass is 331 g/mol. The van der Waals surface area contributed by atoms with E-state index in [1.165, 1.54) is 12.1 Å². The Morgan fingerprint density at radius 2 is 2.12 bits per heavy atom. The first-order chi connectivity index (χ1) is 12.1. The van der Waals surface area contributed by atoms with Crippen LogP contribution in [-0.4, -0.2) is 16.2 Å². The van der Waals surface area contributed by atoms with Crippen LogP contribution in [0.5, 0.6) is 0 Å². The van der Waals surface area contributed by atoms with E-state index in [-0.39, 0.29) is 5.82 Å². The highest BCUT2D eigenvalue weighted by Crippen LogP contribution is 2.31. The van der Waals surface area contributed by atoms with E-state index in [0.717, 1.165) is 22.5 Å². The quantitative estimate of drug-likeness (QED) is 0.624. The summed E-state index contributed by atoms with van der Waals surface area (Å²) >= 11 is 0. The zero-order chi connectivity index (χ0) is 17.8. The van der Waals surface area contributed by atoms with Crippen molar-refractivity contribution in [2.24, 2.45) is 4.99 Å². The number of halogens is 1. The van der Waals surface area contributed by atoms with Crippen molar-refractivity contribution in [1.29, 1.82) is 0 Å². The summed E-state index contributed by atoms with van der Waals surface area (Å²) in [7, 11) is 0. The van der Waals surface area contributed by atoms with Gasteiger partial charge in [-0.1, -0.05) is 25.3 Å². The van der Waals surface area contributed by atoms with Gasteiger partial charge in [0, 0.05) is 41.2 Å². The molecule has 4 heteroatoms. The van der Waals surface area contributed by atoms with E-state index in [2.05, 4.69) is 28.1 Å². The Bertz CT molecular complexity index is 975. The average Bonchev–Trinajstić information content (AvgIpc) is 2.61. The molecule has 124 valence electrons. The lowest BCUT2D eigenvalue weighted by atomic mass is 9.95. The summed E-state index contributed by atoms with van der Waals surface area (Å²) in [6.07, 6.45) is 5.49. The molecule has 0 saturated carbocycles. The minimum Gasteiger partial charge on any atom is -0.261 e. The summed E-state index contributed by atoms with van der Waals surface area (Å²) in [5, 5.41) is 0.697. The van der Waals surface area contributed by atoms with Crippen LogP contribution in [0.15, 0.2) is 66.8 Å². The fourth-order valence-corrected chi connectivity index (χ4v) is 2.83. The van der Waals surface area contributed by atoms with Crippen LogP contribution in [-0.2, 0) is 6.42 Å². The Balaban J connectivity index is 2.26. The van der Waals surface area contributed by atoms with Crippen LogP contribution >= 0.6 is 0 Å². The number of hydrogen-bond acceptors (Lipinski definition) is 3. The van der Waals surface area contributed by atoms with Crippen LogP contribution in [0.1, 0.15) is 22.5 Å². The Labute approximate surface area is 146 Å². The Morgan fingerprint density at radius 3 is 2.84 bits per heavy atom. The van der Waals surface area contributed by atoms with Crippen LogP contribution in [0.4, 0.5) is 4.39 Å². The molecule has 0 fully saturated rings. The summed E-state index contributed by atoms with van der Waals surface area (Å²) in [6.45, 7) is 9.65. The molecule has 25 heavy (non-hydrogen) atoms. The first-order valence-electron chi connectivity index (χ1n) is 7.93. The third-order valence-electron chi connectivity index (χ3n) is 3.96. The molecule has 0 spiro atoms. The smallest absolute Gasteiger partial charge is 0.123 e. The van der Waals surface area contributed by atoms with Gasteiger partial charge in [-0.05, 0) is 42.8 Å². The van der Waals surface area contributed by atoms with Gasteiger partial charge < -0.3 is 0 Å². The van der Waals surface area contributed by atoms with Gasteiger partial charge in [0.2, 0.25) is 0 Å². The molecule has 0 aliphatic heterocycles. The topological polar surface area (TPSA) is 38.1 Å². The highest BCUT2D eigenvalue weighted by molar-refractivity contribution is 5.94. The molecule has 0 unspecified atom stereocenters. The van der Waals surface area contributed by atoms with Crippen molar-refractivity contribution in [1.82, 2.24) is 9.97 Å². The lowest BCUT2D eigenvalue weighted by Crippen LogP contribution is -2.03. The lowest BCUT2D eigenvalue weighted by Gasteiger charge is -2.15. The first-order valence-corrected chi connectivity index (χ1v) is 7.93.